The Morgan fingerprint density at radius 2 is 1.62 bits per heavy atom. The van der Waals surface area contributed by atoms with Gasteiger partial charge in [0, 0.05) is 26.6 Å². The van der Waals surface area contributed by atoms with E-state index in [0.717, 1.165) is 18.7 Å². The molecule has 0 radical (unpaired) electrons. The zero-order chi connectivity index (χ0) is 22.5. The largest absolute Gasteiger partial charge is 0.467 e. The van der Waals surface area contributed by atoms with Crippen molar-refractivity contribution in [2.24, 2.45) is 0 Å². The lowest BCUT2D eigenvalue weighted by Gasteiger charge is -2.35. The minimum absolute atomic E-state index is 0.00567. The van der Waals surface area contributed by atoms with E-state index in [1.807, 2.05) is 21.7 Å². The van der Waals surface area contributed by atoms with E-state index < -0.39 is 0 Å². The van der Waals surface area contributed by atoms with Gasteiger partial charge in [0.1, 0.15) is 23.7 Å². The maximum absolute atomic E-state index is 13.0. The summed E-state index contributed by atoms with van der Waals surface area (Å²) in [7, 11) is 3.48. The average molecular weight is 441 g/mol. The lowest BCUT2D eigenvalue weighted by Crippen LogP contribution is -2.50. The molecule has 1 aliphatic rings. The van der Waals surface area contributed by atoms with Gasteiger partial charge in [-0.2, -0.15) is 5.10 Å². The molecule has 2 amide bonds. The van der Waals surface area contributed by atoms with Crippen molar-refractivity contribution in [1.29, 1.82) is 0 Å². The molecule has 1 unspecified atom stereocenters. The molecular formula is C22H28N6O4. The fourth-order valence-corrected chi connectivity index (χ4v) is 3.87. The molecule has 3 aromatic heterocycles. The number of rotatable bonds is 9. The van der Waals surface area contributed by atoms with Crippen LogP contribution in [0.3, 0.4) is 0 Å². The van der Waals surface area contributed by atoms with E-state index in [1.165, 1.54) is 0 Å². The molecule has 0 saturated carbocycles. The molecule has 10 nitrogen and oxygen atoms in total. The number of aromatic nitrogens is 3. The second-order valence-corrected chi connectivity index (χ2v) is 8.11. The highest BCUT2D eigenvalue weighted by Crippen LogP contribution is 2.18. The lowest BCUT2D eigenvalue weighted by atomic mass is 10.1. The van der Waals surface area contributed by atoms with Crippen LogP contribution in [0.1, 0.15) is 23.8 Å². The molecule has 1 aliphatic heterocycles. The van der Waals surface area contributed by atoms with Crippen molar-refractivity contribution in [3.05, 3.63) is 60.5 Å². The quantitative estimate of drug-likeness (QED) is 0.496. The number of likely N-dealkylation sites (N-methyl/N-ethyl adjacent to an activating group) is 2. The van der Waals surface area contributed by atoms with Gasteiger partial charge in [-0.25, -0.2) is 9.67 Å². The number of carbonyl (C=O) groups excluding carboxylic acids is 2. The molecule has 32 heavy (non-hydrogen) atoms. The lowest BCUT2D eigenvalue weighted by molar-refractivity contribution is -0.136. The smallest absolute Gasteiger partial charge is 0.236 e. The van der Waals surface area contributed by atoms with E-state index in [1.54, 1.807) is 54.9 Å². The summed E-state index contributed by atoms with van der Waals surface area (Å²) in [6.45, 7) is 1.62. The first-order valence-corrected chi connectivity index (χ1v) is 10.6. The van der Waals surface area contributed by atoms with Crippen LogP contribution in [-0.2, 0) is 35.6 Å². The van der Waals surface area contributed by atoms with E-state index in [2.05, 4.69) is 10.1 Å². The highest BCUT2D eigenvalue weighted by atomic mass is 16.3. The summed E-state index contributed by atoms with van der Waals surface area (Å²) in [6.07, 6.45) is 6.29. The minimum Gasteiger partial charge on any atom is -0.467 e. The summed E-state index contributed by atoms with van der Waals surface area (Å²) >= 11 is 0. The Hall–Kier alpha value is -3.40. The van der Waals surface area contributed by atoms with E-state index in [9.17, 15) is 9.59 Å². The Morgan fingerprint density at radius 3 is 2.16 bits per heavy atom. The number of fused-ring (bicyclic) bond motifs is 1. The molecule has 0 fully saturated rings. The van der Waals surface area contributed by atoms with Gasteiger partial charge in [0.25, 0.3) is 0 Å². The van der Waals surface area contributed by atoms with Gasteiger partial charge >= 0.3 is 0 Å². The Bertz CT molecular complexity index is 957. The number of nitrogens with zero attached hydrogens (tertiary/aromatic N) is 6. The first-order chi connectivity index (χ1) is 15.5. The van der Waals surface area contributed by atoms with Crippen LogP contribution in [-0.4, -0.2) is 74.5 Å². The van der Waals surface area contributed by atoms with Crippen LogP contribution >= 0.6 is 0 Å². The third kappa shape index (κ3) is 5.25. The second kappa shape index (κ2) is 9.82. The Labute approximate surface area is 186 Å². The van der Waals surface area contributed by atoms with Gasteiger partial charge in [-0.1, -0.05) is 0 Å². The van der Waals surface area contributed by atoms with Crippen molar-refractivity contribution in [2.45, 2.75) is 38.5 Å². The summed E-state index contributed by atoms with van der Waals surface area (Å²) in [5.74, 6) is 2.21. The molecule has 1 atom stereocenters. The SMILES string of the molecule is CN(Cc1ccco1)C(=O)CN(CC(=O)N(C)Cc1ccco1)C1CCc2ncnn2C1. The zero-order valence-corrected chi connectivity index (χ0v) is 18.4. The van der Waals surface area contributed by atoms with Crippen molar-refractivity contribution in [2.75, 3.05) is 27.2 Å². The van der Waals surface area contributed by atoms with Crippen LogP contribution in [0.2, 0.25) is 0 Å². The molecule has 10 heteroatoms. The van der Waals surface area contributed by atoms with Crippen LogP contribution in [0.25, 0.3) is 0 Å². The number of hydrogen-bond donors (Lipinski definition) is 0. The monoisotopic (exact) mass is 440 g/mol. The average Bonchev–Trinajstić information content (AvgIpc) is 3.55. The van der Waals surface area contributed by atoms with Crippen molar-refractivity contribution >= 4 is 11.8 Å². The maximum Gasteiger partial charge on any atom is 0.236 e. The molecule has 3 aromatic rings. The van der Waals surface area contributed by atoms with Crippen molar-refractivity contribution in [3.8, 4) is 0 Å². The first-order valence-electron chi connectivity index (χ1n) is 10.6. The number of aryl methyl sites for hydroxylation is 1. The Morgan fingerprint density at radius 1 is 1.03 bits per heavy atom. The van der Waals surface area contributed by atoms with Crippen molar-refractivity contribution in [1.82, 2.24) is 29.5 Å². The number of hydrogen-bond acceptors (Lipinski definition) is 7. The van der Waals surface area contributed by atoms with Crippen molar-refractivity contribution in [3.63, 3.8) is 0 Å². The van der Waals surface area contributed by atoms with Crippen molar-refractivity contribution < 1.29 is 18.4 Å². The standard InChI is InChI=1S/C22H28N6O4/c1-25(12-18-5-3-9-31-18)21(29)14-27(17-7-8-20-23-16-24-28(20)11-17)15-22(30)26(2)13-19-6-4-10-32-19/h3-6,9-10,16-17H,7-8,11-15H2,1-2H3. The fourth-order valence-electron chi connectivity index (χ4n) is 3.87. The molecule has 170 valence electrons. The van der Waals surface area contributed by atoms with E-state index in [0.29, 0.717) is 31.2 Å². The van der Waals surface area contributed by atoms with Gasteiger partial charge in [0.05, 0.1) is 45.3 Å². The van der Waals surface area contributed by atoms with Gasteiger partial charge in [-0.15, -0.1) is 0 Å². The number of furan rings is 2. The summed E-state index contributed by atoms with van der Waals surface area (Å²) in [6, 6.07) is 7.27. The highest BCUT2D eigenvalue weighted by molar-refractivity contribution is 5.81. The predicted molar refractivity (Wildman–Crippen MR) is 114 cm³/mol. The third-order valence-electron chi connectivity index (χ3n) is 5.77. The Kier molecular flexibility index (Phi) is 6.69. The van der Waals surface area contributed by atoms with E-state index in [-0.39, 0.29) is 30.9 Å². The first kappa shape index (κ1) is 21.8. The summed E-state index contributed by atoms with van der Waals surface area (Å²) < 4.78 is 12.6. The topological polar surface area (TPSA) is 101 Å². The van der Waals surface area contributed by atoms with Gasteiger partial charge in [0.2, 0.25) is 11.8 Å². The highest BCUT2D eigenvalue weighted by Gasteiger charge is 2.30. The molecule has 0 spiro atoms. The molecule has 0 saturated heterocycles. The van der Waals surface area contributed by atoms with Crippen LogP contribution < -0.4 is 0 Å². The summed E-state index contributed by atoms with van der Waals surface area (Å²) in [5, 5.41) is 4.28. The second-order valence-electron chi connectivity index (χ2n) is 8.11. The third-order valence-corrected chi connectivity index (χ3v) is 5.77. The molecule has 0 aromatic carbocycles. The molecule has 4 heterocycles. The van der Waals surface area contributed by atoms with Crippen LogP contribution in [0.4, 0.5) is 0 Å². The van der Waals surface area contributed by atoms with Gasteiger partial charge in [0.15, 0.2) is 0 Å². The summed E-state index contributed by atoms with van der Waals surface area (Å²) in [4.78, 5) is 35.4. The molecular weight excluding hydrogens is 412 g/mol. The van der Waals surface area contributed by atoms with Gasteiger partial charge in [-0.05, 0) is 30.7 Å². The number of carbonyl (C=O) groups is 2. The molecule has 0 aliphatic carbocycles. The molecule has 0 N–H and O–H groups in total. The minimum atomic E-state index is -0.0766. The normalized spacial score (nSPS) is 15.5. The zero-order valence-electron chi connectivity index (χ0n) is 18.4. The van der Waals surface area contributed by atoms with Crippen LogP contribution in [0.15, 0.2) is 52.0 Å². The van der Waals surface area contributed by atoms with Crippen LogP contribution in [0.5, 0.6) is 0 Å². The fraction of sp³-hybridized carbons (Fsp3) is 0.455. The van der Waals surface area contributed by atoms with Gasteiger partial charge < -0.3 is 18.6 Å². The molecule has 0 bridgehead atoms. The van der Waals surface area contributed by atoms with E-state index >= 15 is 0 Å². The summed E-state index contributed by atoms with van der Waals surface area (Å²) in [5.41, 5.74) is 0. The van der Waals surface area contributed by atoms with Gasteiger partial charge in [-0.3, -0.25) is 14.5 Å². The van der Waals surface area contributed by atoms with Crippen LogP contribution in [0, 0.1) is 0 Å². The molecule has 4 rings (SSSR count). The Balaban J connectivity index is 1.43. The predicted octanol–water partition coefficient (Wildman–Crippen LogP) is 1.40. The maximum atomic E-state index is 13.0. The number of amides is 2. The van der Waals surface area contributed by atoms with E-state index in [4.69, 9.17) is 8.83 Å².